The Kier molecular flexibility index (Phi) is 11.9. The minimum atomic E-state index is -1.09. The van der Waals surface area contributed by atoms with E-state index in [1.165, 1.54) is 0 Å². The van der Waals surface area contributed by atoms with E-state index < -0.39 is 29.2 Å². The summed E-state index contributed by atoms with van der Waals surface area (Å²) in [6.45, 7) is 8.04. The molecular formula is C25H44N4O6. The van der Waals surface area contributed by atoms with Gasteiger partial charge in [-0.1, -0.05) is 52.9 Å². The zero-order valence-electron chi connectivity index (χ0n) is 21.8. The normalized spacial score (nSPS) is 19.5. The van der Waals surface area contributed by atoms with Crippen LogP contribution >= 0.6 is 0 Å². The molecule has 2 aliphatic rings. The van der Waals surface area contributed by atoms with Crippen LogP contribution in [0.4, 0.5) is 4.79 Å². The molecule has 35 heavy (non-hydrogen) atoms. The molecule has 1 aliphatic heterocycles. The molecule has 2 fully saturated rings. The second-order valence-corrected chi connectivity index (χ2v) is 9.98. The Bertz CT molecular complexity index is 717. The maximum Gasteiger partial charge on any atom is 0.318 e. The number of carbonyl (C=O) groups is 4. The van der Waals surface area contributed by atoms with Crippen LogP contribution in [0.25, 0.3) is 0 Å². The number of nitrogens with zero attached hydrogens (tertiary/aromatic N) is 1. The fraction of sp³-hybridized carbons (Fsp3) is 0.840. The maximum atomic E-state index is 13.6. The molecule has 1 heterocycles. The Labute approximate surface area is 209 Å². The second kappa shape index (κ2) is 14.4. The summed E-state index contributed by atoms with van der Waals surface area (Å²) in [6, 6.07) is -1.55. The number of amides is 4. The molecule has 4 amide bonds. The molecule has 0 spiro atoms. The average molecular weight is 497 g/mol. The third-order valence-corrected chi connectivity index (χ3v) is 6.95. The monoisotopic (exact) mass is 496 g/mol. The molecule has 0 aromatic carbocycles. The molecule has 1 saturated heterocycles. The number of ether oxygens (including phenoxy) is 2. The number of hydrogen-bond acceptors (Lipinski definition) is 6. The van der Waals surface area contributed by atoms with Crippen LogP contribution in [-0.2, 0) is 23.9 Å². The van der Waals surface area contributed by atoms with Crippen molar-refractivity contribution in [2.45, 2.75) is 89.8 Å². The number of rotatable bonds is 12. The minimum Gasteiger partial charge on any atom is -0.383 e. The molecular weight excluding hydrogens is 452 g/mol. The van der Waals surface area contributed by atoms with Crippen LogP contribution < -0.4 is 16.0 Å². The Morgan fingerprint density at radius 1 is 1.03 bits per heavy atom. The summed E-state index contributed by atoms with van der Waals surface area (Å²) in [6.07, 6.45) is 5.45. The molecule has 10 heteroatoms. The smallest absolute Gasteiger partial charge is 0.318 e. The molecule has 0 bridgehead atoms. The first kappa shape index (κ1) is 29.0. The molecule has 10 nitrogen and oxygen atoms in total. The van der Waals surface area contributed by atoms with Gasteiger partial charge < -0.3 is 30.3 Å². The van der Waals surface area contributed by atoms with Gasteiger partial charge in [0.1, 0.15) is 5.54 Å². The third kappa shape index (κ3) is 8.45. The zero-order valence-corrected chi connectivity index (χ0v) is 21.8. The van der Waals surface area contributed by atoms with Crippen molar-refractivity contribution in [3.8, 4) is 0 Å². The molecule has 2 rings (SSSR count). The standard InChI is InChI=1S/C25H44N4O6/c1-5-6-10-19(21(30)22(31)26-20(17-34-4)18(2)3)27-23(32)25(11-8-7-9-12-25)28-24(33)29-13-15-35-16-14-29/h18-20H,5-17H2,1-4H3,(H,26,31)(H,27,32)(H,28,33)/t19-,20+/m0/s1. The summed E-state index contributed by atoms with van der Waals surface area (Å²) < 4.78 is 10.5. The lowest BCUT2D eigenvalue weighted by Crippen LogP contribution is -2.64. The summed E-state index contributed by atoms with van der Waals surface area (Å²) >= 11 is 0. The van der Waals surface area contributed by atoms with E-state index in [4.69, 9.17) is 9.47 Å². The van der Waals surface area contributed by atoms with Gasteiger partial charge in [-0.2, -0.15) is 0 Å². The highest BCUT2D eigenvalue weighted by Crippen LogP contribution is 2.29. The predicted octanol–water partition coefficient (Wildman–Crippen LogP) is 1.76. The van der Waals surface area contributed by atoms with Crippen molar-refractivity contribution in [3.63, 3.8) is 0 Å². The Morgan fingerprint density at radius 3 is 2.26 bits per heavy atom. The van der Waals surface area contributed by atoms with Gasteiger partial charge in [-0.15, -0.1) is 0 Å². The zero-order chi connectivity index (χ0) is 25.8. The predicted molar refractivity (Wildman–Crippen MR) is 132 cm³/mol. The molecule has 0 radical (unpaired) electrons. The first-order valence-electron chi connectivity index (χ1n) is 13.0. The lowest BCUT2D eigenvalue weighted by molar-refractivity contribution is -0.141. The van der Waals surface area contributed by atoms with E-state index in [1.807, 2.05) is 20.8 Å². The van der Waals surface area contributed by atoms with Gasteiger partial charge in [0.05, 0.1) is 31.9 Å². The average Bonchev–Trinajstić information content (AvgIpc) is 2.86. The summed E-state index contributed by atoms with van der Waals surface area (Å²) in [5.41, 5.74) is -1.09. The Morgan fingerprint density at radius 2 is 1.69 bits per heavy atom. The Balaban J connectivity index is 2.14. The van der Waals surface area contributed by atoms with Crippen LogP contribution in [0.5, 0.6) is 0 Å². The second-order valence-electron chi connectivity index (χ2n) is 9.98. The minimum absolute atomic E-state index is 0.0799. The highest BCUT2D eigenvalue weighted by atomic mass is 16.5. The van der Waals surface area contributed by atoms with Crippen molar-refractivity contribution in [1.29, 1.82) is 0 Å². The van der Waals surface area contributed by atoms with Gasteiger partial charge in [0.15, 0.2) is 0 Å². The largest absolute Gasteiger partial charge is 0.383 e. The number of morpholine rings is 1. The van der Waals surface area contributed by atoms with Gasteiger partial charge in [-0.25, -0.2) is 4.79 Å². The van der Waals surface area contributed by atoms with Crippen molar-refractivity contribution in [2.24, 2.45) is 5.92 Å². The number of Topliss-reactive ketones (excluding diaryl/α,β-unsaturated/α-hetero) is 1. The number of ketones is 1. The van der Waals surface area contributed by atoms with Crippen molar-refractivity contribution in [2.75, 3.05) is 40.0 Å². The lowest BCUT2D eigenvalue weighted by Gasteiger charge is -2.39. The van der Waals surface area contributed by atoms with Crippen molar-refractivity contribution in [1.82, 2.24) is 20.9 Å². The summed E-state index contributed by atoms with van der Waals surface area (Å²) in [5.74, 6) is -1.70. The first-order valence-corrected chi connectivity index (χ1v) is 13.0. The van der Waals surface area contributed by atoms with E-state index in [1.54, 1.807) is 12.0 Å². The van der Waals surface area contributed by atoms with Crippen LogP contribution in [0.1, 0.15) is 72.1 Å². The summed E-state index contributed by atoms with van der Waals surface area (Å²) in [7, 11) is 1.54. The molecule has 0 unspecified atom stereocenters. The van der Waals surface area contributed by atoms with Gasteiger partial charge >= 0.3 is 6.03 Å². The molecule has 0 aromatic rings. The Hall–Kier alpha value is -2.20. The molecule has 200 valence electrons. The molecule has 0 aromatic heterocycles. The summed E-state index contributed by atoms with van der Waals surface area (Å²) in [4.78, 5) is 54.1. The highest BCUT2D eigenvalue weighted by Gasteiger charge is 2.43. The number of nitrogens with one attached hydrogen (secondary N) is 3. The van der Waals surface area contributed by atoms with Crippen LogP contribution in [0.2, 0.25) is 0 Å². The van der Waals surface area contributed by atoms with Crippen LogP contribution in [0.3, 0.4) is 0 Å². The quantitative estimate of drug-likeness (QED) is 0.354. The number of hydrogen-bond donors (Lipinski definition) is 3. The fourth-order valence-corrected chi connectivity index (χ4v) is 4.57. The van der Waals surface area contributed by atoms with Crippen LogP contribution in [-0.4, -0.2) is 86.2 Å². The number of urea groups is 1. The van der Waals surface area contributed by atoms with Gasteiger partial charge in [0.25, 0.3) is 5.91 Å². The van der Waals surface area contributed by atoms with Gasteiger partial charge in [-0.05, 0) is 25.2 Å². The molecule has 3 N–H and O–H groups in total. The van der Waals surface area contributed by atoms with E-state index in [-0.39, 0.29) is 18.0 Å². The van der Waals surface area contributed by atoms with Crippen molar-refractivity contribution < 1.29 is 28.7 Å². The number of unbranched alkanes of at least 4 members (excludes halogenated alkanes) is 1. The van der Waals surface area contributed by atoms with E-state index in [2.05, 4.69) is 16.0 Å². The van der Waals surface area contributed by atoms with E-state index in [0.29, 0.717) is 58.6 Å². The van der Waals surface area contributed by atoms with Gasteiger partial charge in [-0.3, -0.25) is 14.4 Å². The fourth-order valence-electron chi connectivity index (χ4n) is 4.57. The molecule has 1 aliphatic carbocycles. The van der Waals surface area contributed by atoms with E-state index in [0.717, 1.165) is 25.7 Å². The van der Waals surface area contributed by atoms with Crippen LogP contribution in [0, 0.1) is 5.92 Å². The van der Waals surface area contributed by atoms with Crippen LogP contribution in [0.15, 0.2) is 0 Å². The topological polar surface area (TPSA) is 126 Å². The lowest BCUT2D eigenvalue weighted by atomic mass is 9.80. The van der Waals surface area contributed by atoms with E-state index >= 15 is 0 Å². The molecule has 2 atom stereocenters. The van der Waals surface area contributed by atoms with Crippen molar-refractivity contribution in [3.05, 3.63) is 0 Å². The SMILES string of the molecule is CCCC[C@H](NC(=O)C1(NC(=O)N2CCOCC2)CCCCC1)C(=O)C(=O)N[C@H](COC)C(C)C. The number of carbonyl (C=O) groups excluding carboxylic acids is 4. The van der Waals surface area contributed by atoms with Gasteiger partial charge in [0.2, 0.25) is 11.7 Å². The number of methoxy groups -OCH3 is 1. The third-order valence-electron chi connectivity index (χ3n) is 6.95. The van der Waals surface area contributed by atoms with Crippen molar-refractivity contribution >= 4 is 23.6 Å². The maximum absolute atomic E-state index is 13.6. The highest BCUT2D eigenvalue weighted by molar-refractivity contribution is 6.38. The first-order chi connectivity index (χ1) is 16.7. The summed E-state index contributed by atoms with van der Waals surface area (Å²) in [5, 5.41) is 8.59. The molecule has 1 saturated carbocycles. The van der Waals surface area contributed by atoms with E-state index in [9.17, 15) is 19.2 Å². The van der Waals surface area contributed by atoms with Gasteiger partial charge in [0, 0.05) is 20.2 Å².